The second kappa shape index (κ2) is 13.5. The number of carbonyl (C=O) groups excluding carboxylic acids is 2. The van der Waals surface area contributed by atoms with Crippen molar-refractivity contribution in [1.29, 1.82) is 0 Å². The number of amides is 2. The molecule has 210 valence electrons. The predicted octanol–water partition coefficient (Wildman–Crippen LogP) is 5.19. The van der Waals surface area contributed by atoms with Crippen LogP contribution in [0.2, 0.25) is 0 Å². The van der Waals surface area contributed by atoms with Gasteiger partial charge in [0.15, 0.2) is 5.13 Å². The summed E-state index contributed by atoms with van der Waals surface area (Å²) in [5, 5.41) is 6.88. The van der Waals surface area contributed by atoms with E-state index in [-0.39, 0.29) is 11.8 Å². The molecule has 1 saturated heterocycles. The fraction of sp³-hybridized carbons (Fsp3) is 0.464. The third-order valence-corrected chi connectivity index (χ3v) is 8.57. The van der Waals surface area contributed by atoms with Gasteiger partial charge in [-0.05, 0) is 56.0 Å². The summed E-state index contributed by atoms with van der Waals surface area (Å²) in [6, 6.07) is 7.89. The smallest absolute Gasteiger partial charge is 0.273 e. The lowest BCUT2D eigenvalue weighted by Crippen LogP contribution is -2.40. The molecule has 0 radical (unpaired) electrons. The summed E-state index contributed by atoms with van der Waals surface area (Å²) in [5.74, 6) is 0.887. The Kier molecular flexibility index (Phi) is 10.1. The van der Waals surface area contributed by atoms with Crippen LogP contribution in [0.15, 0.2) is 39.6 Å². The molecule has 1 unspecified atom stereocenters. The van der Waals surface area contributed by atoms with E-state index in [9.17, 15) is 9.59 Å². The highest BCUT2D eigenvalue weighted by Gasteiger charge is 2.23. The number of rotatable bonds is 11. The first-order chi connectivity index (χ1) is 18.7. The van der Waals surface area contributed by atoms with Crippen LogP contribution in [0.3, 0.4) is 0 Å². The van der Waals surface area contributed by atoms with E-state index in [0.717, 1.165) is 26.8 Å². The zero-order chi connectivity index (χ0) is 27.9. The maximum absolute atomic E-state index is 13.2. The minimum Gasteiger partial charge on any atom is -0.496 e. The van der Waals surface area contributed by atoms with Crippen LogP contribution in [0.5, 0.6) is 5.75 Å². The van der Waals surface area contributed by atoms with Crippen LogP contribution in [0.4, 0.5) is 5.13 Å². The van der Waals surface area contributed by atoms with Gasteiger partial charge in [-0.3, -0.25) is 14.9 Å². The van der Waals surface area contributed by atoms with Crippen molar-refractivity contribution in [2.45, 2.75) is 55.8 Å². The number of benzene rings is 1. The number of methoxy groups -OCH3 is 1. The Bertz CT molecular complexity index is 1280. The van der Waals surface area contributed by atoms with Gasteiger partial charge in [0.2, 0.25) is 0 Å². The number of aryl methyl sites for hydroxylation is 1. The number of hydrogen-bond acceptors (Lipinski definition) is 8. The summed E-state index contributed by atoms with van der Waals surface area (Å²) in [5.41, 5.74) is 2.97. The Balaban J connectivity index is 1.39. The van der Waals surface area contributed by atoms with Crippen LogP contribution in [0.1, 0.15) is 59.3 Å². The summed E-state index contributed by atoms with van der Waals surface area (Å²) in [7, 11) is 1.58. The number of nitrogens with one attached hydrogen (secondary N) is 3. The molecule has 0 spiro atoms. The first kappa shape index (κ1) is 29.1. The van der Waals surface area contributed by atoms with Crippen LogP contribution in [-0.4, -0.2) is 66.1 Å². The zero-order valence-corrected chi connectivity index (χ0v) is 24.8. The van der Waals surface area contributed by atoms with Gasteiger partial charge >= 0.3 is 0 Å². The monoisotopic (exact) mass is 571 g/mol. The molecule has 11 heteroatoms. The quantitative estimate of drug-likeness (QED) is 0.291. The van der Waals surface area contributed by atoms with Crippen LogP contribution in [0, 0.1) is 12.8 Å². The third-order valence-electron chi connectivity index (χ3n) is 6.40. The zero-order valence-electron chi connectivity index (χ0n) is 23.1. The first-order valence-electron chi connectivity index (χ1n) is 13.2. The lowest BCUT2D eigenvalue weighted by atomic mass is 10.1. The van der Waals surface area contributed by atoms with E-state index >= 15 is 0 Å². The Morgan fingerprint density at radius 1 is 1.23 bits per heavy atom. The minimum absolute atomic E-state index is 0.0656. The molecule has 1 aromatic carbocycles. The Hall–Kier alpha value is -2.86. The topological polar surface area (TPSA) is 109 Å². The Labute approximate surface area is 238 Å². The number of aromatic amines is 1. The summed E-state index contributed by atoms with van der Waals surface area (Å²) in [6.07, 6.45) is 2.83. The van der Waals surface area contributed by atoms with Gasteiger partial charge in [0.05, 0.1) is 36.3 Å². The summed E-state index contributed by atoms with van der Waals surface area (Å²) in [4.78, 5) is 36.3. The van der Waals surface area contributed by atoms with Gasteiger partial charge in [-0.15, -0.1) is 0 Å². The van der Waals surface area contributed by atoms with Gasteiger partial charge in [-0.2, -0.15) is 0 Å². The van der Waals surface area contributed by atoms with Crippen molar-refractivity contribution >= 4 is 40.0 Å². The van der Waals surface area contributed by atoms with Gasteiger partial charge in [-0.1, -0.05) is 36.9 Å². The molecule has 0 saturated carbocycles. The molecule has 2 amide bonds. The highest BCUT2D eigenvalue weighted by molar-refractivity contribution is 8.01. The molecule has 39 heavy (non-hydrogen) atoms. The molecule has 0 aliphatic carbocycles. The average Bonchev–Trinajstić information content (AvgIpc) is 3.58. The number of thiazole rings is 1. The number of hydrogen-bond donors (Lipinski definition) is 3. The fourth-order valence-corrected chi connectivity index (χ4v) is 6.37. The number of ether oxygens (including phenoxy) is 2. The standard InChI is InChI=1S/C28H37N5O4S2/c1-17(2)12-19(4)29-15-20-6-7-22(31-20)26(34)32-28-30-16-25(39-28)38-24-14-21(23(36-5)13-18(24)3)27(35)33-8-10-37-11-9-33/h6-7,13-14,16-17,19,29,31H,8-12,15H2,1-5H3,(H,30,32,34). The normalized spacial score (nSPS) is 14.5. The Morgan fingerprint density at radius 3 is 2.72 bits per heavy atom. The van der Waals surface area contributed by atoms with E-state index in [1.165, 1.54) is 23.1 Å². The van der Waals surface area contributed by atoms with E-state index in [1.807, 2.05) is 25.1 Å². The molecule has 4 rings (SSSR count). The molecular formula is C28H37N5O4S2. The molecule has 1 fully saturated rings. The maximum atomic E-state index is 13.2. The van der Waals surface area contributed by atoms with Crippen LogP contribution in [0.25, 0.3) is 0 Å². The molecule has 3 aromatic rings. The van der Waals surface area contributed by atoms with E-state index in [4.69, 9.17) is 9.47 Å². The lowest BCUT2D eigenvalue weighted by molar-refractivity contribution is 0.0300. The van der Waals surface area contributed by atoms with Gasteiger partial charge in [-0.25, -0.2) is 4.98 Å². The highest BCUT2D eigenvalue weighted by atomic mass is 32.2. The fourth-order valence-electron chi connectivity index (χ4n) is 4.43. The van der Waals surface area contributed by atoms with Gasteiger partial charge in [0.1, 0.15) is 11.4 Å². The van der Waals surface area contributed by atoms with Gasteiger partial charge in [0, 0.05) is 36.3 Å². The lowest BCUT2D eigenvalue weighted by Gasteiger charge is -2.27. The number of morpholine rings is 1. The number of carbonyl (C=O) groups is 2. The minimum atomic E-state index is -0.235. The largest absolute Gasteiger partial charge is 0.496 e. The molecule has 3 heterocycles. The molecule has 1 atom stereocenters. The van der Waals surface area contributed by atoms with Crippen molar-refractivity contribution in [1.82, 2.24) is 20.2 Å². The summed E-state index contributed by atoms with van der Waals surface area (Å²) in [6.45, 7) is 11.4. The van der Waals surface area contributed by atoms with Crippen molar-refractivity contribution in [2.75, 3.05) is 38.7 Å². The number of H-pyrrole nitrogens is 1. The second-order valence-corrected chi connectivity index (χ2v) is 12.4. The summed E-state index contributed by atoms with van der Waals surface area (Å²) < 4.78 is 11.8. The van der Waals surface area contributed by atoms with Crippen LogP contribution in [-0.2, 0) is 11.3 Å². The molecule has 9 nitrogen and oxygen atoms in total. The molecule has 2 aromatic heterocycles. The molecule has 1 aliphatic rings. The van der Waals surface area contributed by atoms with Crippen LogP contribution < -0.4 is 15.4 Å². The van der Waals surface area contributed by atoms with Crippen molar-refractivity contribution in [2.24, 2.45) is 5.92 Å². The van der Waals surface area contributed by atoms with E-state index < -0.39 is 0 Å². The van der Waals surface area contributed by atoms with E-state index in [1.54, 1.807) is 24.3 Å². The van der Waals surface area contributed by atoms with Crippen LogP contribution >= 0.6 is 23.1 Å². The number of aromatic nitrogens is 2. The summed E-state index contributed by atoms with van der Waals surface area (Å²) >= 11 is 2.90. The van der Waals surface area contributed by atoms with Crippen molar-refractivity contribution < 1.29 is 19.1 Å². The van der Waals surface area contributed by atoms with Crippen molar-refractivity contribution in [3.63, 3.8) is 0 Å². The van der Waals surface area contributed by atoms with E-state index in [0.29, 0.717) is 66.9 Å². The van der Waals surface area contributed by atoms with Gasteiger partial charge in [0.25, 0.3) is 11.8 Å². The first-order valence-corrected chi connectivity index (χ1v) is 14.8. The molecule has 3 N–H and O–H groups in total. The number of anilines is 1. The Morgan fingerprint density at radius 2 is 2.00 bits per heavy atom. The number of nitrogens with zero attached hydrogens (tertiary/aromatic N) is 2. The van der Waals surface area contributed by atoms with Gasteiger partial charge < -0.3 is 24.7 Å². The van der Waals surface area contributed by atoms with Crippen molar-refractivity contribution in [3.05, 3.63) is 53.0 Å². The predicted molar refractivity (Wildman–Crippen MR) is 155 cm³/mol. The maximum Gasteiger partial charge on any atom is 0.273 e. The second-order valence-electron chi connectivity index (χ2n) is 10.1. The SMILES string of the molecule is COc1cc(C)c(Sc2cnc(NC(=O)c3ccc(CNC(C)CC(C)C)[nH]3)s2)cc1C(=O)N1CCOCC1. The third kappa shape index (κ3) is 7.84. The molecular weight excluding hydrogens is 534 g/mol. The molecule has 1 aliphatic heterocycles. The van der Waals surface area contributed by atoms with E-state index in [2.05, 4.69) is 41.4 Å². The highest BCUT2D eigenvalue weighted by Crippen LogP contribution is 2.38. The molecule has 0 bridgehead atoms. The van der Waals surface area contributed by atoms with Crippen molar-refractivity contribution in [3.8, 4) is 5.75 Å². The average molecular weight is 572 g/mol.